The van der Waals surface area contributed by atoms with Gasteiger partial charge in [0, 0.05) is 27.2 Å². The summed E-state index contributed by atoms with van der Waals surface area (Å²) in [5, 5.41) is 5.48. The van der Waals surface area contributed by atoms with Gasteiger partial charge in [-0.25, -0.2) is 4.98 Å². The number of methoxy groups -OCH3 is 1. The number of carbonyl (C=O) groups excluding carboxylic acids is 1. The average molecular weight is 508 g/mol. The fourth-order valence-electron chi connectivity index (χ4n) is 3.59. The van der Waals surface area contributed by atoms with Crippen molar-refractivity contribution < 1.29 is 13.9 Å². The number of hydrogen-bond acceptors (Lipinski definition) is 4. The smallest absolute Gasteiger partial charge is 0.255 e. The van der Waals surface area contributed by atoms with E-state index in [9.17, 15) is 4.79 Å². The van der Waals surface area contributed by atoms with Crippen molar-refractivity contribution >= 4 is 61.0 Å². The Hall–Kier alpha value is -3.35. The Morgan fingerprint density at radius 1 is 1.03 bits per heavy atom. The molecule has 1 heterocycles. The lowest BCUT2D eigenvalue weighted by atomic mass is 10.0. The van der Waals surface area contributed by atoms with Gasteiger partial charge in [0.05, 0.1) is 11.6 Å². The molecule has 4 aromatic carbocycles. The van der Waals surface area contributed by atoms with Crippen molar-refractivity contribution in [1.29, 1.82) is 0 Å². The standard InChI is InChI=1S/C25H16BrClN2O3/c1-31-22-10-8-14(12-19(22)26)24(30)28-15-9-11-23-21(13-15)29-25(32-23)18-6-2-5-17-16(18)4-3-7-20(17)27/h2-13H,1H3,(H,28,30). The maximum atomic E-state index is 12.7. The predicted octanol–water partition coefficient (Wildman–Crippen LogP) is 7.32. The van der Waals surface area contributed by atoms with Gasteiger partial charge >= 0.3 is 0 Å². The lowest BCUT2D eigenvalue weighted by Crippen LogP contribution is -2.11. The molecule has 0 saturated heterocycles. The zero-order valence-electron chi connectivity index (χ0n) is 16.9. The highest BCUT2D eigenvalue weighted by Gasteiger charge is 2.14. The number of halogens is 2. The third-order valence-corrected chi connectivity index (χ3v) is 6.11. The predicted molar refractivity (Wildman–Crippen MR) is 131 cm³/mol. The van der Waals surface area contributed by atoms with E-state index in [1.165, 1.54) is 0 Å². The van der Waals surface area contributed by atoms with E-state index < -0.39 is 0 Å². The van der Waals surface area contributed by atoms with Gasteiger partial charge in [-0.3, -0.25) is 4.79 Å². The summed E-state index contributed by atoms with van der Waals surface area (Å²) < 4.78 is 11.9. The Morgan fingerprint density at radius 3 is 2.66 bits per heavy atom. The van der Waals surface area contributed by atoms with Gasteiger partial charge in [-0.15, -0.1) is 0 Å². The maximum Gasteiger partial charge on any atom is 0.255 e. The number of rotatable bonds is 4. The number of fused-ring (bicyclic) bond motifs is 2. The van der Waals surface area contributed by atoms with Crippen LogP contribution in [0.2, 0.25) is 5.02 Å². The Labute approximate surface area is 197 Å². The summed E-state index contributed by atoms with van der Waals surface area (Å²) in [6.07, 6.45) is 0. The summed E-state index contributed by atoms with van der Waals surface area (Å²) in [7, 11) is 1.58. The molecule has 0 aliphatic heterocycles. The summed E-state index contributed by atoms with van der Waals surface area (Å²) in [5.41, 5.74) is 3.26. The van der Waals surface area contributed by atoms with Gasteiger partial charge in [0.2, 0.25) is 5.89 Å². The third kappa shape index (κ3) is 3.72. The van der Waals surface area contributed by atoms with Crippen LogP contribution in [0.5, 0.6) is 5.75 Å². The third-order valence-electron chi connectivity index (χ3n) is 5.16. The molecule has 5 nitrogen and oxygen atoms in total. The molecule has 5 aromatic rings. The molecule has 0 bridgehead atoms. The first-order chi connectivity index (χ1) is 15.5. The summed E-state index contributed by atoms with van der Waals surface area (Å²) in [5.74, 6) is 0.920. The van der Waals surface area contributed by atoms with Crippen LogP contribution in [0.25, 0.3) is 33.3 Å². The van der Waals surface area contributed by atoms with Gasteiger partial charge in [-0.2, -0.15) is 0 Å². The fraction of sp³-hybridized carbons (Fsp3) is 0.0400. The molecular formula is C25H16BrClN2O3. The highest BCUT2D eigenvalue weighted by Crippen LogP contribution is 2.34. The number of ether oxygens (including phenoxy) is 1. The highest BCUT2D eigenvalue weighted by atomic mass is 79.9. The number of nitrogens with one attached hydrogen (secondary N) is 1. The van der Waals surface area contributed by atoms with Crippen molar-refractivity contribution in [3.8, 4) is 17.2 Å². The minimum Gasteiger partial charge on any atom is -0.496 e. The second-order valence-corrected chi connectivity index (χ2v) is 8.41. The normalized spacial score (nSPS) is 11.1. The van der Waals surface area contributed by atoms with Crippen molar-refractivity contribution in [1.82, 2.24) is 4.98 Å². The molecule has 0 aliphatic rings. The number of aromatic nitrogens is 1. The molecule has 158 valence electrons. The monoisotopic (exact) mass is 506 g/mol. The Morgan fingerprint density at radius 2 is 1.84 bits per heavy atom. The first-order valence-corrected chi connectivity index (χ1v) is 10.9. The van der Waals surface area contributed by atoms with Crippen molar-refractivity contribution in [2.24, 2.45) is 0 Å². The number of oxazole rings is 1. The van der Waals surface area contributed by atoms with Gasteiger partial charge in [0.1, 0.15) is 11.3 Å². The van der Waals surface area contributed by atoms with E-state index in [4.69, 9.17) is 20.8 Å². The summed E-state index contributed by atoms with van der Waals surface area (Å²) >= 11 is 9.74. The number of benzene rings is 4. The van der Waals surface area contributed by atoms with E-state index in [0.29, 0.717) is 43.5 Å². The molecule has 1 amide bonds. The quantitative estimate of drug-likeness (QED) is 0.277. The number of carbonyl (C=O) groups is 1. The number of amides is 1. The van der Waals surface area contributed by atoms with E-state index >= 15 is 0 Å². The molecular weight excluding hydrogens is 492 g/mol. The first-order valence-electron chi connectivity index (χ1n) is 9.76. The van der Waals surface area contributed by atoms with Crippen LogP contribution in [0.4, 0.5) is 5.69 Å². The van der Waals surface area contributed by atoms with E-state index in [-0.39, 0.29) is 5.91 Å². The number of hydrogen-bond donors (Lipinski definition) is 1. The molecule has 5 rings (SSSR count). The maximum absolute atomic E-state index is 12.7. The molecule has 0 unspecified atom stereocenters. The second-order valence-electron chi connectivity index (χ2n) is 7.15. The van der Waals surface area contributed by atoms with Gasteiger partial charge in [0.15, 0.2) is 5.58 Å². The van der Waals surface area contributed by atoms with Crippen molar-refractivity contribution in [2.45, 2.75) is 0 Å². The van der Waals surface area contributed by atoms with Crippen molar-refractivity contribution in [3.63, 3.8) is 0 Å². The molecule has 0 aliphatic carbocycles. The van der Waals surface area contributed by atoms with Crippen LogP contribution in [0.15, 0.2) is 81.7 Å². The van der Waals surface area contributed by atoms with Crippen LogP contribution in [-0.2, 0) is 0 Å². The van der Waals surface area contributed by atoms with Crippen molar-refractivity contribution in [3.05, 3.63) is 87.9 Å². The molecule has 0 atom stereocenters. The Bertz CT molecular complexity index is 1500. The summed E-state index contributed by atoms with van der Waals surface area (Å²) in [4.78, 5) is 17.3. The zero-order valence-corrected chi connectivity index (χ0v) is 19.2. The summed E-state index contributed by atoms with van der Waals surface area (Å²) in [6, 6.07) is 22.1. The van der Waals surface area contributed by atoms with Crippen LogP contribution in [-0.4, -0.2) is 18.0 Å². The Balaban J connectivity index is 1.47. The minimum atomic E-state index is -0.236. The Kier molecular flexibility index (Phi) is 5.33. The lowest BCUT2D eigenvalue weighted by molar-refractivity contribution is 0.102. The largest absolute Gasteiger partial charge is 0.496 e. The number of nitrogens with zero attached hydrogens (tertiary/aromatic N) is 1. The van der Waals surface area contributed by atoms with Crippen molar-refractivity contribution in [2.75, 3.05) is 12.4 Å². The topological polar surface area (TPSA) is 64.4 Å². The number of anilines is 1. The van der Waals surface area contributed by atoms with Crippen LogP contribution < -0.4 is 10.1 Å². The van der Waals surface area contributed by atoms with E-state index in [1.54, 1.807) is 43.5 Å². The van der Waals surface area contributed by atoms with Crippen LogP contribution in [0, 0.1) is 0 Å². The van der Waals surface area contributed by atoms with Gasteiger partial charge in [-0.05, 0) is 69.8 Å². The average Bonchev–Trinajstić information content (AvgIpc) is 3.22. The molecule has 1 N–H and O–H groups in total. The van der Waals surface area contributed by atoms with E-state index in [2.05, 4.69) is 26.2 Å². The van der Waals surface area contributed by atoms with Gasteiger partial charge in [-0.1, -0.05) is 35.9 Å². The first kappa shape index (κ1) is 20.5. The molecule has 7 heteroatoms. The highest BCUT2D eigenvalue weighted by molar-refractivity contribution is 9.10. The SMILES string of the molecule is COc1ccc(C(=O)Nc2ccc3oc(-c4cccc5c(Cl)cccc45)nc3c2)cc1Br. The zero-order chi connectivity index (χ0) is 22.2. The van der Waals surface area contributed by atoms with E-state index in [0.717, 1.165) is 16.3 Å². The van der Waals surface area contributed by atoms with Gasteiger partial charge in [0.25, 0.3) is 5.91 Å². The molecule has 0 saturated carbocycles. The van der Waals surface area contributed by atoms with Crippen LogP contribution in [0.1, 0.15) is 10.4 Å². The van der Waals surface area contributed by atoms with Crippen LogP contribution >= 0.6 is 27.5 Å². The molecule has 0 fully saturated rings. The molecule has 0 radical (unpaired) electrons. The lowest BCUT2D eigenvalue weighted by Gasteiger charge is -2.07. The second kappa shape index (κ2) is 8.30. The molecule has 32 heavy (non-hydrogen) atoms. The molecule has 1 aromatic heterocycles. The van der Waals surface area contributed by atoms with Crippen LogP contribution in [0.3, 0.4) is 0 Å². The van der Waals surface area contributed by atoms with Gasteiger partial charge < -0.3 is 14.5 Å². The molecule has 0 spiro atoms. The van der Waals surface area contributed by atoms with E-state index in [1.807, 2.05) is 36.4 Å². The fourth-order valence-corrected chi connectivity index (χ4v) is 4.37. The minimum absolute atomic E-state index is 0.236. The summed E-state index contributed by atoms with van der Waals surface area (Å²) in [6.45, 7) is 0.